The highest BCUT2D eigenvalue weighted by molar-refractivity contribution is 5.80. The van der Waals surface area contributed by atoms with Crippen LogP contribution >= 0.6 is 0 Å². The van der Waals surface area contributed by atoms with Crippen LogP contribution in [0.5, 0.6) is 0 Å². The summed E-state index contributed by atoms with van der Waals surface area (Å²) in [6, 6.07) is 2.05. The highest BCUT2D eigenvalue weighted by Crippen LogP contribution is 2.17. The molecule has 0 radical (unpaired) electrons. The molecule has 1 aliphatic heterocycles. The highest BCUT2D eigenvalue weighted by Gasteiger charge is 2.18. The topological polar surface area (TPSA) is 46.1 Å². The molecule has 0 aliphatic carbocycles. The summed E-state index contributed by atoms with van der Waals surface area (Å²) in [5.41, 5.74) is 1.09. The van der Waals surface area contributed by atoms with E-state index in [0.717, 1.165) is 43.3 Å². The molecule has 0 N–H and O–H groups in total. The Balaban J connectivity index is 2.22. The molecule has 2 heterocycles. The van der Waals surface area contributed by atoms with Crippen molar-refractivity contribution in [3.05, 3.63) is 17.6 Å². The van der Waals surface area contributed by atoms with Gasteiger partial charge in [-0.05, 0) is 6.42 Å². The second-order valence-electron chi connectivity index (χ2n) is 4.37. The maximum atomic E-state index is 11.2. The van der Waals surface area contributed by atoms with Crippen LogP contribution in [0, 0.1) is 0 Å². The monoisotopic (exact) mass is 233 g/mol. The number of aryl methyl sites for hydroxylation is 2. The zero-order valence-corrected chi connectivity index (χ0v) is 10.6. The summed E-state index contributed by atoms with van der Waals surface area (Å²) in [4.78, 5) is 22.5. The van der Waals surface area contributed by atoms with E-state index in [2.05, 4.69) is 34.8 Å². The molecule has 1 fully saturated rings. The van der Waals surface area contributed by atoms with E-state index in [-0.39, 0.29) is 0 Å². The van der Waals surface area contributed by atoms with Crippen LogP contribution in [0.25, 0.3) is 0 Å². The molecule has 1 saturated heterocycles. The molecule has 0 amide bonds. The lowest BCUT2D eigenvalue weighted by atomic mass is 10.1. The third kappa shape index (κ3) is 2.81. The van der Waals surface area contributed by atoms with E-state index in [1.807, 2.05) is 0 Å². The largest absolute Gasteiger partial charge is 0.356 e. The van der Waals surface area contributed by atoms with Crippen LogP contribution in [-0.2, 0) is 17.6 Å². The standard InChI is InChI=1S/C13H19N3O/c1-3-10-9-13(15-12(4-2)14-10)16-7-5-11(17)6-8-16/h9H,3-8H2,1-2H3. The van der Waals surface area contributed by atoms with Crippen molar-refractivity contribution >= 4 is 11.6 Å². The Kier molecular flexibility index (Phi) is 3.71. The van der Waals surface area contributed by atoms with Gasteiger partial charge in [-0.3, -0.25) is 4.79 Å². The summed E-state index contributed by atoms with van der Waals surface area (Å²) in [6.45, 7) is 5.76. The predicted molar refractivity (Wildman–Crippen MR) is 67.2 cm³/mol. The average molecular weight is 233 g/mol. The predicted octanol–water partition coefficient (Wildman–Crippen LogP) is 1.77. The minimum Gasteiger partial charge on any atom is -0.356 e. The molecule has 1 aromatic rings. The van der Waals surface area contributed by atoms with Crippen molar-refractivity contribution in [2.45, 2.75) is 39.5 Å². The summed E-state index contributed by atoms with van der Waals surface area (Å²) in [6.07, 6.45) is 3.07. The van der Waals surface area contributed by atoms with Gasteiger partial charge in [0.2, 0.25) is 0 Å². The third-order valence-corrected chi connectivity index (χ3v) is 3.14. The first kappa shape index (κ1) is 12.0. The third-order valence-electron chi connectivity index (χ3n) is 3.14. The first-order valence-electron chi connectivity index (χ1n) is 6.36. The average Bonchev–Trinajstić information content (AvgIpc) is 2.39. The minimum atomic E-state index is 0.363. The zero-order chi connectivity index (χ0) is 12.3. The molecule has 92 valence electrons. The number of nitrogens with zero attached hydrogens (tertiary/aromatic N) is 3. The zero-order valence-electron chi connectivity index (χ0n) is 10.6. The maximum Gasteiger partial charge on any atom is 0.136 e. The van der Waals surface area contributed by atoms with E-state index in [1.165, 1.54) is 0 Å². The number of piperidine rings is 1. The number of aromatic nitrogens is 2. The molecule has 1 aliphatic rings. The lowest BCUT2D eigenvalue weighted by Crippen LogP contribution is -2.34. The number of anilines is 1. The molecule has 4 heteroatoms. The van der Waals surface area contributed by atoms with Crippen molar-refractivity contribution < 1.29 is 4.79 Å². The molecule has 4 nitrogen and oxygen atoms in total. The van der Waals surface area contributed by atoms with Crippen LogP contribution in [0.3, 0.4) is 0 Å². The number of rotatable bonds is 3. The van der Waals surface area contributed by atoms with Crippen molar-refractivity contribution in [1.82, 2.24) is 9.97 Å². The van der Waals surface area contributed by atoms with Crippen molar-refractivity contribution in [1.29, 1.82) is 0 Å². The Labute approximate surface area is 102 Å². The van der Waals surface area contributed by atoms with Crippen molar-refractivity contribution in [2.75, 3.05) is 18.0 Å². The van der Waals surface area contributed by atoms with Gasteiger partial charge >= 0.3 is 0 Å². The molecule has 0 unspecified atom stereocenters. The molecule has 0 aromatic carbocycles. The SMILES string of the molecule is CCc1cc(N2CCC(=O)CC2)nc(CC)n1. The first-order valence-corrected chi connectivity index (χ1v) is 6.36. The van der Waals surface area contributed by atoms with Crippen molar-refractivity contribution in [2.24, 2.45) is 0 Å². The maximum absolute atomic E-state index is 11.2. The number of carbonyl (C=O) groups excluding carboxylic acids is 1. The number of Topliss-reactive ketones (excluding diaryl/α,β-unsaturated/α-hetero) is 1. The van der Waals surface area contributed by atoms with Gasteiger partial charge in [0.1, 0.15) is 17.4 Å². The van der Waals surface area contributed by atoms with Crippen LogP contribution in [0.4, 0.5) is 5.82 Å². The molecule has 0 saturated carbocycles. The van der Waals surface area contributed by atoms with Gasteiger partial charge in [-0.2, -0.15) is 0 Å². The molecule has 1 aromatic heterocycles. The van der Waals surface area contributed by atoms with E-state index in [1.54, 1.807) is 0 Å². The van der Waals surface area contributed by atoms with Gasteiger partial charge in [0.25, 0.3) is 0 Å². The summed E-state index contributed by atoms with van der Waals surface area (Å²) >= 11 is 0. The van der Waals surface area contributed by atoms with E-state index in [0.29, 0.717) is 18.6 Å². The van der Waals surface area contributed by atoms with E-state index in [9.17, 15) is 4.79 Å². The van der Waals surface area contributed by atoms with Crippen molar-refractivity contribution in [3.8, 4) is 0 Å². The summed E-state index contributed by atoms with van der Waals surface area (Å²) < 4.78 is 0. The fraction of sp³-hybridized carbons (Fsp3) is 0.615. The highest BCUT2D eigenvalue weighted by atomic mass is 16.1. The van der Waals surface area contributed by atoms with Gasteiger partial charge in [-0.25, -0.2) is 9.97 Å². The fourth-order valence-electron chi connectivity index (χ4n) is 2.02. The second-order valence-corrected chi connectivity index (χ2v) is 4.37. The number of ketones is 1. The molecular weight excluding hydrogens is 214 g/mol. The van der Waals surface area contributed by atoms with Crippen LogP contribution < -0.4 is 4.90 Å². The van der Waals surface area contributed by atoms with Crippen LogP contribution in [0.15, 0.2) is 6.07 Å². The number of carbonyl (C=O) groups is 1. The van der Waals surface area contributed by atoms with Crippen LogP contribution in [0.2, 0.25) is 0 Å². The van der Waals surface area contributed by atoms with Gasteiger partial charge in [0.05, 0.1) is 0 Å². The Morgan fingerprint density at radius 1 is 1.18 bits per heavy atom. The molecule has 17 heavy (non-hydrogen) atoms. The quantitative estimate of drug-likeness (QED) is 0.798. The van der Waals surface area contributed by atoms with Gasteiger partial charge in [-0.15, -0.1) is 0 Å². The second kappa shape index (κ2) is 5.25. The van der Waals surface area contributed by atoms with E-state index >= 15 is 0 Å². The van der Waals surface area contributed by atoms with E-state index in [4.69, 9.17) is 0 Å². The van der Waals surface area contributed by atoms with Crippen molar-refractivity contribution in [3.63, 3.8) is 0 Å². The number of hydrogen-bond donors (Lipinski definition) is 0. The Hall–Kier alpha value is -1.45. The van der Waals surface area contributed by atoms with Crippen LogP contribution in [0.1, 0.15) is 38.2 Å². The normalized spacial score (nSPS) is 16.4. The Bertz CT molecular complexity index is 385. The fourth-order valence-corrected chi connectivity index (χ4v) is 2.02. The Morgan fingerprint density at radius 2 is 1.88 bits per heavy atom. The molecule has 0 atom stereocenters. The van der Waals surface area contributed by atoms with Gasteiger partial charge < -0.3 is 4.90 Å². The lowest BCUT2D eigenvalue weighted by Gasteiger charge is -2.27. The van der Waals surface area contributed by atoms with Crippen LogP contribution in [-0.4, -0.2) is 28.8 Å². The Morgan fingerprint density at radius 3 is 2.47 bits per heavy atom. The van der Waals surface area contributed by atoms with Gasteiger partial charge in [-0.1, -0.05) is 13.8 Å². The smallest absolute Gasteiger partial charge is 0.136 e. The summed E-state index contributed by atoms with van der Waals surface area (Å²) in [5, 5.41) is 0. The van der Waals surface area contributed by atoms with Gasteiger partial charge in [0.15, 0.2) is 0 Å². The molecule has 0 spiro atoms. The molecule has 2 rings (SSSR count). The van der Waals surface area contributed by atoms with Gasteiger partial charge in [0, 0.05) is 44.1 Å². The number of hydrogen-bond acceptors (Lipinski definition) is 4. The summed E-state index contributed by atoms with van der Waals surface area (Å²) in [7, 11) is 0. The first-order chi connectivity index (χ1) is 8.22. The van der Waals surface area contributed by atoms with E-state index < -0.39 is 0 Å². The lowest BCUT2D eigenvalue weighted by molar-refractivity contribution is -0.119. The molecule has 0 bridgehead atoms. The summed E-state index contributed by atoms with van der Waals surface area (Å²) in [5.74, 6) is 2.25. The minimum absolute atomic E-state index is 0.363. The molecular formula is C13H19N3O.